The summed E-state index contributed by atoms with van der Waals surface area (Å²) in [4.78, 5) is 22.2. The van der Waals surface area contributed by atoms with E-state index in [1.54, 1.807) is 0 Å². The van der Waals surface area contributed by atoms with Gasteiger partial charge in [-0.1, -0.05) is 0 Å². The maximum atomic E-state index is 11.1. The van der Waals surface area contributed by atoms with Gasteiger partial charge in [-0.15, -0.1) is 0 Å². The molecule has 0 aromatic carbocycles. The number of hydrogen-bond donors (Lipinski definition) is 2. The Bertz CT molecular complexity index is 213. The minimum absolute atomic E-state index is 0.293. The van der Waals surface area contributed by atoms with E-state index in [1.807, 2.05) is 0 Å². The van der Waals surface area contributed by atoms with Gasteiger partial charge in [-0.05, 0) is 13.8 Å². The van der Waals surface area contributed by atoms with Crippen molar-refractivity contribution in [1.82, 2.24) is 0 Å². The minimum Gasteiger partial charge on any atom is -0.382 e. The third-order valence-corrected chi connectivity index (χ3v) is 2.21. The zero-order valence-corrected chi connectivity index (χ0v) is 7.13. The van der Waals surface area contributed by atoms with Gasteiger partial charge in [0.1, 0.15) is 11.2 Å². The smallest absolute Gasteiger partial charge is 0.167 e. The number of hydrogen-bond acceptors (Lipinski definition) is 4. The van der Waals surface area contributed by atoms with Gasteiger partial charge in [-0.3, -0.25) is 9.59 Å². The highest BCUT2D eigenvalue weighted by Crippen LogP contribution is 2.28. The van der Waals surface area contributed by atoms with Crippen LogP contribution < -0.4 is 0 Å². The molecule has 0 aliphatic heterocycles. The average molecular weight is 172 g/mol. The molecule has 1 aliphatic carbocycles. The summed E-state index contributed by atoms with van der Waals surface area (Å²) >= 11 is 0. The van der Waals surface area contributed by atoms with Gasteiger partial charge in [0.2, 0.25) is 0 Å². The van der Waals surface area contributed by atoms with Crippen LogP contribution in [0.15, 0.2) is 0 Å². The van der Waals surface area contributed by atoms with Crippen LogP contribution in [-0.2, 0) is 9.59 Å². The van der Waals surface area contributed by atoms with Gasteiger partial charge in [0.15, 0.2) is 11.6 Å². The summed E-state index contributed by atoms with van der Waals surface area (Å²) in [6.45, 7) is 2.59. The van der Waals surface area contributed by atoms with Gasteiger partial charge in [0.05, 0.1) is 0 Å². The van der Waals surface area contributed by atoms with E-state index in [4.69, 9.17) is 0 Å². The summed E-state index contributed by atoms with van der Waals surface area (Å²) < 4.78 is 0. The molecule has 4 heteroatoms. The highest BCUT2D eigenvalue weighted by Gasteiger charge is 2.47. The summed E-state index contributed by atoms with van der Waals surface area (Å²) in [7, 11) is 0. The van der Waals surface area contributed by atoms with Crippen molar-refractivity contribution in [3.63, 3.8) is 0 Å². The second kappa shape index (κ2) is 2.37. The van der Waals surface area contributed by atoms with Crippen molar-refractivity contribution in [1.29, 1.82) is 0 Å². The van der Waals surface area contributed by atoms with E-state index in [-0.39, 0.29) is 12.8 Å². The molecule has 4 nitrogen and oxygen atoms in total. The van der Waals surface area contributed by atoms with Crippen LogP contribution in [0.2, 0.25) is 0 Å². The molecular formula is C8H12O4. The molecule has 0 aromatic heterocycles. The van der Waals surface area contributed by atoms with Crippen LogP contribution in [0.5, 0.6) is 0 Å². The topological polar surface area (TPSA) is 74.6 Å². The lowest BCUT2D eigenvalue weighted by Crippen LogP contribution is -2.53. The highest BCUT2D eigenvalue weighted by molar-refractivity contribution is 6.03. The maximum absolute atomic E-state index is 11.1. The van der Waals surface area contributed by atoms with E-state index in [2.05, 4.69) is 0 Å². The van der Waals surface area contributed by atoms with E-state index in [0.717, 1.165) is 0 Å². The van der Waals surface area contributed by atoms with Crippen LogP contribution in [0, 0.1) is 0 Å². The molecule has 0 aromatic rings. The van der Waals surface area contributed by atoms with Crippen molar-refractivity contribution in [2.75, 3.05) is 0 Å². The number of carbonyl (C=O) groups is 2. The zero-order valence-electron chi connectivity index (χ0n) is 7.13. The van der Waals surface area contributed by atoms with Crippen molar-refractivity contribution in [2.45, 2.75) is 37.9 Å². The number of aliphatic hydroxyl groups is 2. The zero-order chi connectivity index (χ0) is 9.57. The van der Waals surface area contributed by atoms with E-state index < -0.39 is 22.8 Å². The molecule has 12 heavy (non-hydrogen) atoms. The van der Waals surface area contributed by atoms with E-state index in [0.29, 0.717) is 0 Å². The first-order valence-electron chi connectivity index (χ1n) is 3.77. The monoisotopic (exact) mass is 172 g/mol. The first-order chi connectivity index (χ1) is 5.26. The predicted octanol–water partition coefficient (Wildman–Crippen LogP) is -0.580. The quantitative estimate of drug-likeness (QED) is 0.512. The lowest BCUT2D eigenvalue weighted by atomic mass is 9.76. The molecule has 1 fully saturated rings. The van der Waals surface area contributed by atoms with Crippen molar-refractivity contribution in [2.24, 2.45) is 0 Å². The van der Waals surface area contributed by atoms with Crippen molar-refractivity contribution < 1.29 is 19.8 Å². The van der Waals surface area contributed by atoms with Gasteiger partial charge in [-0.2, -0.15) is 0 Å². The molecule has 0 radical (unpaired) electrons. The van der Waals surface area contributed by atoms with Crippen molar-refractivity contribution >= 4 is 11.6 Å². The summed E-state index contributed by atoms with van der Waals surface area (Å²) in [5.41, 5.74) is -3.17. The van der Waals surface area contributed by atoms with Crippen molar-refractivity contribution in [3.8, 4) is 0 Å². The second-order valence-electron chi connectivity index (χ2n) is 3.75. The molecule has 0 unspecified atom stereocenters. The molecule has 2 N–H and O–H groups in total. The Balaban J connectivity index is 2.91. The van der Waals surface area contributed by atoms with E-state index >= 15 is 0 Å². The van der Waals surface area contributed by atoms with Gasteiger partial charge in [0.25, 0.3) is 0 Å². The molecule has 0 bridgehead atoms. The standard InChI is InChI=1S/C8H12O4/c1-7(11)3-6(10)8(2,12)4-5(7)9/h11-12H,3-4H2,1-2H3/t7-,8-/m1/s1. The molecule has 1 saturated carbocycles. The summed E-state index contributed by atoms with van der Waals surface area (Å²) in [5, 5.41) is 18.7. The third kappa shape index (κ3) is 1.40. The average Bonchev–Trinajstić information content (AvgIpc) is 1.82. The van der Waals surface area contributed by atoms with Crippen LogP contribution in [0.4, 0.5) is 0 Å². The van der Waals surface area contributed by atoms with Crippen LogP contribution in [-0.4, -0.2) is 33.0 Å². The van der Waals surface area contributed by atoms with Gasteiger partial charge in [0, 0.05) is 12.8 Å². The SMILES string of the molecule is C[C@@]1(O)CC(=O)[C@](C)(O)CC1=O. The van der Waals surface area contributed by atoms with E-state index in [1.165, 1.54) is 13.8 Å². The Hall–Kier alpha value is -0.740. The molecule has 0 spiro atoms. The maximum Gasteiger partial charge on any atom is 0.167 e. The lowest BCUT2D eigenvalue weighted by molar-refractivity contribution is -0.161. The number of Topliss-reactive ketones (excluding diaryl/α,β-unsaturated/α-hetero) is 2. The first-order valence-corrected chi connectivity index (χ1v) is 3.77. The Kier molecular flexibility index (Phi) is 1.85. The summed E-state index contributed by atoms with van der Waals surface area (Å²) in [5.74, 6) is -0.959. The Morgan fingerprint density at radius 1 is 1.00 bits per heavy atom. The largest absolute Gasteiger partial charge is 0.382 e. The Morgan fingerprint density at radius 3 is 1.50 bits per heavy atom. The minimum atomic E-state index is -1.58. The lowest BCUT2D eigenvalue weighted by Gasteiger charge is -2.33. The molecular weight excluding hydrogens is 160 g/mol. The van der Waals surface area contributed by atoms with Crippen LogP contribution in [0.1, 0.15) is 26.7 Å². The molecule has 68 valence electrons. The van der Waals surface area contributed by atoms with E-state index in [9.17, 15) is 19.8 Å². The van der Waals surface area contributed by atoms with Crippen LogP contribution in [0.3, 0.4) is 0 Å². The fourth-order valence-electron chi connectivity index (χ4n) is 1.20. The number of rotatable bonds is 0. The van der Waals surface area contributed by atoms with Gasteiger partial charge >= 0.3 is 0 Å². The molecule has 2 atom stereocenters. The normalized spacial score (nSPS) is 43.3. The molecule has 0 heterocycles. The first kappa shape index (κ1) is 9.35. The molecule has 1 aliphatic rings. The van der Waals surface area contributed by atoms with Crippen molar-refractivity contribution in [3.05, 3.63) is 0 Å². The molecule has 1 rings (SSSR count). The summed E-state index contributed by atoms with van der Waals surface area (Å²) in [6.07, 6.45) is -0.586. The number of ketones is 2. The Labute approximate surface area is 70.2 Å². The highest BCUT2D eigenvalue weighted by atomic mass is 16.3. The number of carbonyl (C=O) groups excluding carboxylic acids is 2. The fraction of sp³-hybridized carbons (Fsp3) is 0.750. The molecule has 0 amide bonds. The van der Waals surface area contributed by atoms with Crippen LogP contribution >= 0.6 is 0 Å². The predicted molar refractivity (Wildman–Crippen MR) is 40.5 cm³/mol. The molecule has 0 saturated heterocycles. The summed E-state index contributed by atoms with van der Waals surface area (Å²) in [6, 6.07) is 0. The Morgan fingerprint density at radius 2 is 1.25 bits per heavy atom. The second-order valence-corrected chi connectivity index (χ2v) is 3.75. The third-order valence-electron chi connectivity index (χ3n) is 2.21. The van der Waals surface area contributed by atoms with Gasteiger partial charge < -0.3 is 10.2 Å². The van der Waals surface area contributed by atoms with Gasteiger partial charge in [-0.25, -0.2) is 0 Å². The van der Waals surface area contributed by atoms with Crippen LogP contribution in [0.25, 0.3) is 0 Å². The fourth-order valence-corrected chi connectivity index (χ4v) is 1.20.